The number of hydrogen-bond acceptors (Lipinski definition) is 4. The number of fused-ring (bicyclic) bond motifs is 2. The molecule has 31 heavy (non-hydrogen) atoms. The molecule has 1 saturated heterocycles. The highest BCUT2D eigenvalue weighted by atomic mass is 19.1. The highest BCUT2D eigenvalue weighted by Crippen LogP contribution is 2.42. The molecule has 0 bridgehead atoms. The minimum atomic E-state index is -0.376. The summed E-state index contributed by atoms with van der Waals surface area (Å²) in [5.41, 5.74) is 4.78. The number of halogens is 1. The molecular formula is C25H27FN2O3. The first-order chi connectivity index (χ1) is 15.1. The minimum absolute atomic E-state index is 0.244. The van der Waals surface area contributed by atoms with Gasteiger partial charge in [0.1, 0.15) is 18.2 Å². The number of nitrogens with zero attached hydrogens (tertiary/aromatic N) is 1. The molecule has 3 heterocycles. The lowest BCUT2D eigenvalue weighted by molar-refractivity contribution is -0.110. The van der Waals surface area contributed by atoms with Gasteiger partial charge in [0.2, 0.25) is 0 Å². The van der Waals surface area contributed by atoms with Crippen LogP contribution < -0.4 is 5.32 Å². The predicted molar refractivity (Wildman–Crippen MR) is 118 cm³/mol. The maximum absolute atomic E-state index is 13.8. The van der Waals surface area contributed by atoms with Crippen LogP contribution in [-0.2, 0) is 22.6 Å². The zero-order chi connectivity index (χ0) is 21.4. The van der Waals surface area contributed by atoms with Gasteiger partial charge in [-0.05, 0) is 62.5 Å². The van der Waals surface area contributed by atoms with E-state index in [1.165, 1.54) is 30.5 Å². The van der Waals surface area contributed by atoms with Crippen molar-refractivity contribution in [3.63, 3.8) is 0 Å². The summed E-state index contributed by atoms with van der Waals surface area (Å²) in [5, 5.41) is 12.4. The summed E-state index contributed by atoms with van der Waals surface area (Å²) in [5.74, 6) is -0.103. The second-order valence-corrected chi connectivity index (χ2v) is 8.60. The number of carbonyl (C=O) groups is 1. The van der Waals surface area contributed by atoms with Crippen molar-refractivity contribution in [1.82, 2.24) is 4.90 Å². The molecule has 0 aliphatic carbocycles. The Balaban J connectivity index is 1.32. The van der Waals surface area contributed by atoms with Gasteiger partial charge in [0, 0.05) is 28.4 Å². The van der Waals surface area contributed by atoms with Gasteiger partial charge in [-0.15, -0.1) is 0 Å². The molecule has 0 aromatic heterocycles. The largest absolute Gasteiger partial charge is 0.487 e. The van der Waals surface area contributed by atoms with Gasteiger partial charge in [0.05, 0.1) is 12.2 Å². The highest BCUT2D eigenvalue weighted by Gasteiger charge is 2.32. The van der Waals surface area contributed by atoms with E-state index in [-0.39, 0.29) is 18.3 Å². The average Bonchev–Trinajstić information content (AvgIpc) is 3.33. The molecule has 1 unspecified atom stereocenters. The molecule has 6 heteroatoms. The first-order valence-electron chi connectivity index (χ1n) is 11.1. The zero-order valence-electron chi connectivity index (χ0n) is 17.5. The quantitative estimate of drug-likeness (QED) is 0.717. The van der Waals surface area contributed by atoms with Gasteiger partial charge in [0.15, 0.2) is 0 Å². The van der Waals surface area contributed by atoms with E-state index in [4.69, 9.17) is 4.74 Å². The molecule has 2 aromatic carbocycles. The third kappa shape index (κ3) is 3.86. The first kappa shape index (κ1) is 20.2. The molecule has 5 nitrogen and oxygen atoms in total. The number of benzene rings is 2. The molecule has 2 N–H and O–H groups in total. The third-order valence-corrected chi connectivity index (χ3v) is 6.61. The van der Waals surface area contributed by atoms with Gasteiger partial charge in [-0.1, -0.05) is 24.6 Å². The number of hydrogen-bond donors (Lipinski definition) is 2. The maximum Gasteiger partial charge on any atom is 0.260 e. The summed E-state index contributed by atoms with van der Waals surface area (Å²) in [4.78, 5) is 15.0. The molecule has 3 aliphatic heterocycles. The summed E-state index contributed by atoms with van der Waals surface area (Å²) in [6.45, 7) is 2.73. The lowest BCUT2D eigenvalue weighted by Crippen LogP contribution is -2.42. The van der Waals surface area contributed by atoms with E-state index in [0.29, 0.717) is 35.2 Å². The van der Waals surface area contributed by atoms with Crippen molar-refractivity contribution >= 4 is 22.9 Å². The van der Waals surface area contributed by atoms with E-state index >= 15 is 0 Å². The van der Waals surface area contributed by atoms with Crippen molar-refractivity contribution in [1.29, 1.82) is 0 Å². The molecule has 0 spiro atoms. The van der Waals surface area contributed by atoms with Gasteiger partial charge in [0.25, 0.3) is 5.91 Å². The Bertz CT molecular complexity index is 1050. The monoisotopic (exact) mass is 422 g/mol. The minimum Gasteiger partial charge on any atom is -0.487 e. The Morgan fingerprint density at radius 2 is 2.06 bits per heavy atom. The number of likely N-dealkylation sites (tertiary alicyclic amines) is 1. The van der Waals surface area contributed by atoms with E-state index in [1.54, 1.807) is 6.07 Å². The van der Waals surface area contributed by atoms with Crippen LogP contribution in [0.4, 0.5) is 10.1 Å². The van der Waals surface area contributed by atoms with Gasteiger partial charge in [-0.2, -0.15) is 0 Å². The fourth-order valence-corrected chi connectivity index (χ4v) is 4.99. The third-order valence-electron chi connectivity index (χ3n) is 6.61. The number of aliphatic hydroxyl groups is 1. The number of rotatable bonds is 5. The van der Waals surface area contributed by atoms with Gasteiger partial charge >= 0.3 is 0 Å². The van der Waals surface area contributed by atoms with Crippen LogP contribution in [0.15, 0.2) is 36.4 Å². The summed E-state index contributed by atoms with van der Waals surface area (Å²) in [6.07, 6.45) is 5.51. The van der Waals surface area contributed by atoms with Crippen LogP contribution in [0.5, 0.6) is 0 Å². The summed E-state index contributed by atoms with van der Waals surface area (Å²) >= 11 is 0. The van der Waals surface area contributed by atoms with Crippen molar-refractivity contribution in [2.24, 2.45) is 0 Å². The summed E-state index contributed by atoms with van der Waals surface area (Å²) in [7, 11) is 0. The molecule has 5 rings (SSSR count). The van der Waals surface area contributed by atoms with Crippen molar-refractivity contribution in [3.8, 4) is 0 Å². The number of carbonyl (C=O) groups excluding carboxylic acids is 1. The van der Waals surface area contributed by atoms with Gasteiger partial charge < -0.3 is 15.2 Å². The van der Waals surface area contributed by atoms with E-state index in [9.17, 15) is 14.3 Å². The van der Waals surface area contributed by atoms with E-state index < -0.39 is 0 Å². The van der Waals surface area contributed by atoms with Crippen molar-refractivity contribution in [3.05, 3.63) is 64.5 Å². The van der Waals surface area contributed by atoms with Crippen LogP contribution >= 0.6 is 0 Å². The number of piperidine rings is 1. The maximum atomic E-state index is 13.8. The smallest absolute Gasteiger partial charge is 0.260 e. The van der Waals surface area contributed by atoms with Crippen molar-refractivity contribution in [2.75, 3.05) is 25.0 Å². The number of amides is 1. The lowest BCUT2D eigenvalue weighted by Gasteiger charge is -2.34. The van der Waals surface area contributed by atoms with Crippen LogP contribution in [0.1, 0.15) is 47.9 Å². The number of ether oxygens (including phenoxy) is 1. The second kappa shape index (κ2) is 8.44. The molecule has 2 aromatic rings. The van der Waals surface area contributed by atoms with Crippen LogP contribution in [0.25, 0.3) is 11.3 Å². The average molecular weight is 423 g/mol. The van der Waals surface area contributed by atoms with E-state index in [1.807, 2.05) is 6.07 Å². The Morgan fingerprint density at radius 3 is 2.94 bits per heavy atom. The lowest BCUT2D eigenvalue weighted by atomic mass is 9.97. The fraction of sp³-hybridized carbons (Fsp3) is 0.400. The van der Waals surface area contributed by atoms with Gasteiger partial charge in [-0.3, -0.25) is 9.69 Å². The van der Waals surface area contributed by atoms with E-state index in [0.717, 1.165) is 43.5 Å². The van der Waals surface area contributed by atoms with Crippen LogP contribution in [0.3, 0.4) is 0 Å². The second-order valence-electron chi connectivity index (χ2n) is 8.60. The van der Waals surface area contributed by atoms with Crippen LogP contribution in [0, 0.1) is 5.82 Å². The standard InChI is InChI=1S/C25H27FN2O3/c26-18-7-9-22-21(13-18)23(25(30)27-22)24-20-8-6-16(12-17(20)15-31-24)4-3-11-28-10-2-1-5-19(28)14-29/h6-9,12-13,19,29H,1-5,10-11,14-15H2,(H,27,30)/b24-23+. The number of aliphatic hydroxyl groups excluding tert-OH is 1. The molecule has 1 atom stereocenters. The first-order valence-corrected chi connectivity index (χ1v) is 11.1. The molecule has 0 radical (unpaired) electrons. The molecule has 1 amide bonds. The SMILES string of the molecule is O=C1Nc2ccc(F)cc2/C1=C1\OCc2cc(CCCN3CCCCC3CO)ccc21. The van der Waals surface area contributed by atoms with Crippen molar-refractivity contribution < 1.29 is 19.0 Å². The molecule has 1 fully saturated rings. The number of anilines is 1. The summed E-state index contributed by atoms with van der Waals surface area (Å²) < 4.78 is 19.7. The topological polar surface area (TPSA) is 61.8 Å². The number of aryl methyl sites for hydroxylation is 1. The Hall–Kier alpha value is -2.70. The highest BCUT2D eigenvalue weighted by molar-refractivity contribution is 6.36. The molecule has 0 saturated carbocycles. The van der Waals surface area contributed by atoms with Gasteiger partial charge in [-0.25, -0.2) is 4.39 Å². The Morgan fingerprint density at radius 1 is 1.16 bits per heavy atom. The zero-order valence-corrected chi connectivity index (χ0v) is 17.5. The fourth-order valence-electron chi connectivity index (χ4n) is 4.99. The van der Waals surface area contributed by atoms with Crippen LogP contribution in [0.2, 0.25) is 0 Å². The normalized spacial score (nSPS) is 22.8. The predicted octanol–water partition coefficient (Wildman–Crippen LogP) is 3.96. The molecular weight excluding hydrogens is 395 g/mol. The van der Waals surface area contributed by atoms with Crippen molar-refractivity contribution in [2.45, 2.75) is 44.8 Å². The number of nitrogens with one attached hydrogen (secondary N) is 1. The Labute approximate surface area is 181 Å². The Kier molecular flexibility index (Phi) is 5.50. The summed E-state index contributed by atoms with van der Waals surface area (Å²) in [6, 6.07) is 10.9. The molecule has 162 valence electrons. The van der Waals surface area contributed by atoms with Crippen LogP contribution in [-0.4, -0.2) is 41.7 Å². The molecule has 3 aliphatic rings. The van der Waals surface area contributed by atoms with E-state index in [2.05, 4.69) is 22.3 Å².